The van der Waals surface area contributed by atoms with Gasteiger partial charge in [0.25, 0.3) is 0 Å². The van der Waals surface area contributed by atoms with Gasteiger partial charge in [-0.25, -0.2) is 15.0 Å². The maximum absolute atomic E-state index is 9.68. The van der Waals surface area contributed by atoms with Crippen molar-refractivity contribution in [2.24, 2.45) is 0 Å². The molecule has 9 aromatic carbocycles. The lowest BCUT2D eigenvalue weighted by atomic mass is 9.97. The number of nitrogens with zero attached hydrogens (tertiary/aromatic N) is 3. The van der Waals surface area contributed by atoms with E-state index in [1.54, 1.807) is 0 Å². The molecule has 242 valence electrons. The van der Waals surface area contributed by atoms with Gasteiger partial charge in [-0.15, -0.1) is 0 Å². The summed E-state index contributed by atoms with van der Waals surface area (Å²) in [6, 6.07) is 19.8. The molecule has 10 rings (SSSR count). The summed E-state index contributed by atoms with van der Waals surface area (Å²) in [6.07, 6.45) is 0. The van der Waals surface area contributed by atoms with Crippen LogP contribution in [-0.2, 0) is 0 Å². The van der Waals surface area contributed by atoms with E-state index < -0.39 is 124 Å². The molecular weight excluding hydrogens is 631 g/mol. The van der Waals surface area contributed by atoms with E-state index in [-0.39, 0.29) is 23.0 Å². The van der Waals surface area contributed by atoms with Crippen molar-refractivity contribution in [3.05, 3.63) is 188 Å². The Hall–Kier alpha value is -6.97. The third-order valence-electron chi connectivity index (χ3n) is 8.89. The van der Waals surface area contributed by atoms with Gasteiger partial charge in [0, 0.05) is 16.7 Å². The fourth-order valence-corrected chi connectivity index (χ4v) is 6.38. The van der Waals surface area contributed by atoms with Crippen LogP contribution < -0.4 is 0 Å². The smallest absolute Gasteiger partial charge is 0.164 e. The Morgan fingerprint density at radius 2 is 0.885 bits per heavy atom. The molecule has 10 aromatic rings. The van der Waals surface area contributed by atoms with E-state index in [1.165, 1.54) is 0 Å². The van der Waals surface area contributed by atoms with Crippen LogP contribution in [0.2, 0.25) is 0 Å². The highest BCUT2D eigenvalue weighted by Gasteiger charge is 2.16. The zero-order valence-electron chi connectivity index (χ0n) is 42.1. The van der Waals surface area contributed by atoms with E-state index in [0.717, 1.165) is 32.3 Å². The largest absolute Gasteiger partial charge is 0.208 e. The van der Waals surface area contributed by atoms with Crippen molar-refractivity contribution in [3.63, 3.8) is 0 Å². The number of aromatic nitrogens is 3. The van der Waals surface area contributed by atoms with Gasteiger partial charge in [0.2, 0.25) is 0 Å². The molecule has 0 unspecified atom stereocenters. The van der Waals surface area contributed by atoms with Crippen LogP contribution in [0.1, 0.15) is 20.6 Å². The molecule has 52 heavy (non-hydrogen) atoms. The summed E-state index contributed by atoms with van der Waals surface area (Å²) in [5, 5.41) is 4.53. The highest BCUT2D eigenvalue weighted by molar-refractivity contribution is 6.08. The minimum absolute atomic E-state index is 0.158. The van der Waals surface area contributed by atoms with Gasteiger partial charge in [0.05, 0.1) is 20.6 Å². The van der Waals surface area contributed by atoms with Gasteiger partial charge < -0.3 is 0 Å². The van der Waals surface area contributed by atoms with Gasteiger partial charge in [0.1, 0.15) is 0 Å². The van der Waals surface area contributed by atoms with Gasteiger partial charge in [0.15, 0.2) is 17.5 Å². The normalized spacial score (nSPS) is 15.5. The summed E-state index contributed by atoms with van der Waals surface area (Å²) in [5.41, 5.74) is -1.41. The topological polar surface area (TPSA) is 38.7 Å². The molecule has 3 heteroatoms. The van der Waals surface area contributed by atoms with Crippen molar-refractivity contribution in [2.75, 3.05) is 0 Å². The second kappa shape index (κ2) is 12.4. The van der Waals surface area contributed by atoms with E-state index in [1.807, 2.05) is 97.1 Å². The van der Waals surface area contributed by atoms with Crippen LogP contribution in [-0.4, -0.2) is 15.0 Å². The van der Waals surface area contributed by atoms with Crippen molar-refractivity contribution in [1.29, 1.82) is 0 Å². The highest BCUT2D eigenvalue weighted by Crippen LogP contribution is 2.34. The molecule has 0 aliphatic heterocycles. The fraction of sp³-hybridized carbons (Fsp3) is 0. The van der Waals surface area contributed by atoms with E-state index in [4.69, 9.17) is 28.7 Å². The van der Waals surface area contributed by atoms with Gasteiger partial charge in [-0.05, 0) is 89.5 Å². The molecule has 1 aromatic heterocycles. The summed E-state index contributed by atoms with van der Waals surface area (Å²) >= 11 is 0. The molecule has 0 aliphatic carbocycles. The number of fused-ring (bicyclic) bond motifs is 5. The molecule has 0 saturated carbocycles. The zero-order chi connectivity index (χ0) is 47.5. The van der Waals surface area contributed by atoms with Crippen LogP contribution >= 0.6 is 0 Å². The number of hydrogen-bond acceptors (Lipinski definition) is 3. The first-order valence-corrected chi connectivity index (χ1v) is 16.4. The quantitative estimate of drug-likeness (QED) is 0.170. The SMILES string of the molecule is [2H]c1c([2H])c([2H])c(-c2c([2H])c([2H])c3c([2H])c(-c4c([2H])c([2H])c([2H])c(-c5nc(-c6ccc7ccc8ccccc8c7c6)nc(-c6cccc7ccccc67)n5)c4[2H])c([2H])c([2H])c3c2[2H])c([2H])c1[2H]. The highest BCUT2D eigenvalue weighted by atomic mass is 15.0. The Kier molecular flexibility index (Phi) is 4.37. The minimum atomic E-state index is -0.798. The second-order valence-electron chi connectivity index (χ2n) is 12.1. The monoisotopic (exact) mass is 676 g/mol. The second-order valence-corrected chi connectivity index (χ2v) is 12.1. The van der Waals surface area contributed by atoms with Crippen LogP contribution in [0, 0.1) is 0 Å². The predicted molar refractivity (Wildman–Crippen MR) is 217 cm³/mol. The van der Waals surface area contributed by atoms with Crippen molar-refractivity contribution in [1.82, 2.24) is 15.0 Å². The lowest BCUT2D eigenvalue weighted by molar-refractivity contribution is 1.08. The Morgan fingerprint density at radius 3 is 1.67 bits per heavy atom. The van der Waals surface area contributed by atoms with Crippen LogP contribution in [0.25, 0.3) is 99.5 Å². The lowest BCUT2D eigenvalue weighted by Gasteiger charge is -2.12. The Bertz CT molecular complexity index is 3800. The standard InChI is InChI=1S/C49H31N3/c1-2-10-32(11-3-1)37-23-24-40-29-38(25-26-39(40)28-37)36-15-8-16-41(30-36)47-50-48(52-49(51-47)45-19-9-14-33-12-4-6-17-43(33)45)42-27-22-35-21-20-34-13-5-7-18-44(34)46(35)31-42/h1-31H/i1D,2D,3D,8D,10D,11D,15D,16D,23D,24D,25D,26D,28D,29D,30D. The molecule has 0 saturated heterocycles. The molecule has 1 heterocycles. The predicted octanol–water partition coefficient (Wildman–Crippen LogP) is 12.8. The third-order valence-corrected chi connectivity index (χ3v) is 8.89. The molecule has 0 N–H and O–H groups in total. The zero-order valence-corrected chi connectivity index (χ0v) is 27.1. The van der Waals surface area contributed by atoms with Gasteiger partial charge in [-0.2, -0.15) is 0 Å². The van der Waals surface area contributed by atoms with Crippen LogP contribution in [0.4, 0.5) is 0 Å². The molecule has 0 bridgehead atoms. The third kappa shape index (κ3) is 5.37. The maximum Gasteiger partial charge on any atom is 0.164 e. The average Bonchev–Trinajstić information content (AvgIpc) is 3.34. The van der Waals surface area contributed by atoms with E-state index in [2.05, 4.69) is 0 Å². The lowest BCUT2D eigenvalue weighted by Crippen LogP contribution is -2.00. The number of benzene rings is 9. The van der Waals surface area contributed by atoms with Gasteiger partial charge >= 0.3 is 0 Å². The van der Waals surface area contributed by atoms with Crippen molar-refractivity contribution < 1.29 is 20.6 Å². The molecule has 0 atom stereocenters. The van der Waals surface area contributed by atoms with Crippen LogP contribution in [0.3, 0.4) is 0 Å². The maximum atomic E-state index is 9.68. The Morgan fingerprint density at radius 1 is 0.327 bits per heavy atom. The molecule has 3 nitrogen and oxygen atoms in total. The number of hydrogen-bond donors (Lipinski definition) is 0. The van der Waals surface area contributed by atoms with E-state index in [0.29, 0.717) is 11.1 Å². The van der Waals surface area contributed by atoms with Gasteiger partial charge in [-0.1, -0.05) is 164 Å². The molecule has 0 amide bonds. The van der Waals surface area contributed by atoms with E-state index in [9.17, 15) is 6.85 Å². The Balaban J connectivity index is 1.25. The molecule has 0 radical (unpaired) electrons. The first-order chi connectivity index (χ1) is 32.0. The van der Waals surface area contributed by atoms with E-state index >= 15 is 0 Å². The summed E-state index contributed by atoms with van der Waals surface area (Å²) in [6.45, 7) is 0. The summed E-state index contributed by atoms with van der Waals surface area (Å²) < 4.78 is 133. The molecule has 0 fully saturated rings. The molecule has 0 spiro atoms. The van der Waals surface area contributed by atoms with Crippen LogP contribution in [0.15, 0.2) is 188 Å². The van der Waals surface area contributed by atoms with Crippen molar-refractivity contribution in [2.45, 2.75) is 0 Å². The van der Waals surface area contributed by atoms with Crippen molar-refractivity contribution >= 4 is 43.1 Å². The van der Waals surface area contributed by atoms with Crippen molar-refractivity contribution in [3.8, 4) is 56.4 Å². The minimum Gasteiger partial charge on any atom is -0.208 e. The van der Waals surface area contributed by atoms with Crippen LogP contribution in [0.5, 0.6) is 0 Å². The summed E-state index contributed by atoms with van der Waals surface area (Å²) in [5.74, 6) is 0.0932. The first-order valence-electron chi connectivity index (χ1n) is 23.9. The molecular formula is C49H31N3. The fourth-order valence-electron chi connectivity index (χ4n) is 6.38. The number of rotatable bonds is 5. The summed E-state index contributed by atoms with van der Waals surface area (Å²) in [7, 11) is 0. The van der Waals surface area contributed by atoms with Gasteiger partial charge in [-0.3, -0.25) is 0 Å². The first kappa shape index (κ1) is 18.3. The Labute approximate surface area is 322 Å². The molecule has 0 aliphatic rings. The summed E-state index contributed by atoms with van der Waals surface area (Å²) in [4.78, 5) is 14.6. The average molecular weight is 677 g/mol.